The number of rotatable bonds is 12. The number of nitrogens with one attached hydrogen (secondary N) is 1. The van der Waals surface area contributed by atoms with Gasteiger partial charge in [0, 0.05) is 29.1 Å². The molecule has 0 fully saturated rings. The second-order valence-corrected chi connectivity index (χ2v) is 13.5. The first-order valence-electron chi connectivity index (χ1n) is 14.2. The Morgan fingerprint density at radius 3 is 2.02 bits per heavy atom. The van der Waals surface area contributed by atoms with Crippen LogP contribution in [0.15, 0.2) is 108 Å². The van der Waals surface area contributed by atoms with Gasteiger partial charge in [0.2, 0.25) is 11.8 Å². The van der Waals surface area contributed by atoms with Crippen LogP contribution in [0.5, 0.6) is 0 Å². The van der Waals surface area contributed by atoms with Crippen LogP contribution in [0.25, 0.3) is 0 Å². The molecule has 0 heterocycles. The molecule has 4 aromatic rings. The first-order chi connectivity index (χ1) is 21.0. The van der Waals surface area contributed by atoms with Crippen molar-refractivity contribution in [3.05, 3.63) is 130 Å². The number of hydrogen-bond donors (Lipinski definition) is 1. The van der Waals surface area contributed by atoms with Crippen molar-refractivity contribution < 1.29 is 18.0 Å². The third-order valence-corrected chi connectivity index (χ3v) is 9.23. The number of sulfonamides is 1. The minimum Gasteiger partial charge on any atom is -0.352 e. The van der Waals surface area contributed by atoms with Crippen molar-refractivity contribution in [1.29, 1.82) is 0 Å². The van der Waals surface area contributed by atoms with Crippen molar-refractivity contribution in [3.63, 3.8) is 0 Å². The van der Waals surface area contributed by atoms with Crippen molar-refractivity contribution in [2.45, 2.75) is 50.7 Å². The van der Waals surface area contributed by atoms with Gasteiger partial charge in [-0.2, -0.15) is 0 Å². The maximum atomic E-state index is 14.5. The van der Waals surface area contributed by atoms with E-state index in [1.807, 2.05) is 50.2 Å². The van der Waals surface area contributed by atoms with Gasteiger partial charge < -0.3 is 10.2 Å². The predicted molar refractivity (Wildman–Crippen MR) is 176 cm³/mol. The summed E-state index contributed by atoms with van der Waals surface area (Å²) in [6.45, 7) is 4.90. The Hall–Kier alpha value is -3.85. The fourth-order valence-corrected chi connectivity index (χ4v) is 6.84. The number of carbonyl (C=O) groups is 2. The van der Waals surface area contributed by atoms with Crippen molar-refractivity contribution in [2.24, 2.45) is 0 Å². The van der Waals surface area contributed by atoms with Crippen LogP contribution in [0.2, 0.25) is 10.0 Å². The molecular weight excluding hydrogens is 617 g/mol. The zero-order valence-corrected chi connectivity index (χ0v) is 27.1. The molecule has 0 bridgehead atoms. The molecule has 0 radical (unpaired) electrons. The van der Waals surface area contributed by atoms with Crippen LogP contribution in [-0.2, 0) is 32.6 Å². The van der Waals surface area contributed by atoms with Crippen LogP contribution < -0.4 is 9.62 Å². The molecule has 0 saturated carbocycles. The summed E-state index contributed by atoms with van der Waals surface area (Å²) in [7, 11) is -4.20. The largest absolute Gasteiger partial charge is 0.352 e. The number of halogens is 2. The monoisotopic (exact) mass is 651 g/mol. The smallest absolute Gasteiger partial charge is 0.264 e. The van der Waals surface area contributed by atoms with Gasteiger partial charge in [-0.1, -0.05) is 83.9 Å². The number of hydrogen-bond acceptors (Lipinski definition) is 4. The fourth-order valence-electron chi connectivity index (χ4n) is 4.90. The van der Waals surface area contributed by atoms with Gasteiger partial charge in [-0.3, -0.25) is 13.9 Å². The van der Waals surface area contributed by atoms with E-state index in [9.17, 15) is 18.0 Å². The molecular formula is C34H35Cl2N3O4S. The van der Waals surface area contributed by atoms with Gasteiger partial charge in [0.05, 0.1) is 10.6 Å². The predicted octanol–water partition coefficient (Wildman–Crippen LogP) is 6.66. The summed E-state index contributed by atoms with van der Waals surface area (Å²) in [6, 6.07) is 28.0. The van der Waals surface area contributed by atoms with E-state index in [0.717, 1.165) is 9.87 Å². The molecule has 2 amide bonds. The number of nitrogens with zero attached hydrogens (tertiary/aromatic N) is 2. The fraction of sp³-hybridized carbons (Fsp3) is 0.235. The molecule has 0 aliphatic rings. The zero-order valence-electron chi connectivity index (χ0n) is 24.8. The number of amides is 2. The van der Waals surface area contributed by atoms with Gasteiger partial charge in [0.15, 0.2) is 0 Å². The molecule has 7 nitrogen and oxygen atoms in total. The Balaban J connectivity index is 1.82. The highest BCUT2D eigenvalue weighted by Crippen LogP contribution is 2.29. The summed E-state index contributed by atoms with van der Waals surface area (Å²) in [5.41, 5.74) is 2.43. The number of aryl methyl sites for hydroxylation is 1. The average molecular weight is 653 g/mol. The topological polar surface area (TPSA) is 86.8 Å². The third-order valence-electron chi connectivity index (χ3n) is 6.98. The average Bonchev–Trinajstić information content (AvgIpc) is 2.98. The van der Waals surface area contributed by atoms with E-state index in [-0.39, 0.29) is 29.8 Å². The molecule has 0 aliphatic carbocycles. The van der Waals surface area contributed by atoms with Crippen molar-refractivity contribution in [2.75, 3.05) is 10.8 Å². The summed E-state index contributed by atoms with van der Waals surface area (Å²) in [5, 5.41) is 3.86. The summed E-state index contributed by atoms with van der Waals surface area (Å²) in [6.07, 6.45) is 0.219. The van der Waals surface area contributed by atoms with Crippen LogP contribution in [-0.4, -0.2) is 43.8 Å². The lowest BCUT2D eigenvalue weighted by atomic mass is 10.0. The molecule has 0 spiro atoms. The Labute approximate surface area is 269 Å². The molecule has 230 valence electrons. The summed E-state index contributed by atoms with van der Waals surface area (Å²) >= 11 is 12.5. The second-order valence-electron chi connectivity index (χ2n) is 10.8. The molecule has 10 heteroatoms. The molecule has 1 unspecified atom stereocenters. The van der Waals surface area contributed by atoms with E-state index in [4.69, 9.17) is 23.2 Å². The van der Waals surface area contributed by atoms with Gasteiger partial charge in [-0.25, -0.2) is 8.42 Å². The van der Waals surface area contributed by atoms with Crippen LogP contribution in [0, 0.1) is 6.92 Å². The Morgan fingerprint density at radius 1 is 0.795 bits per heavy atom. The number of anilines is 1. The van der Waals surface area contributed by atoms with E-state index < -0.39 is 28.5 Å². The second kappa shape index (κ2) is 14.8. The quantitative estimate of drug-likeness (QED) is 0.186. The van der Waals surface area contributed by atoms with Crippen molar-refractivity contribution in [1.82, 2.24) is 10.2 Å². The normalized spacial score (nSPS) is 12.0. The van der Waals surface area contributed by atoms with Gasteiger partial charge in [-0.05, 0) is 79.9 Å². The lowest BCUT2D eigenvalue weighted by Gasteiger charge is -2.34. The molecule has 0 saturated heterocycles. The lowest BCUT2D eigenvalue weighted by molar-refractivity contribution is -0.140. The van der Waals surface area contributed by atoms with Crippen LogP contribution in [0.4, 0.5) is 5.69 Å². The summed E-state index contributed by atoms with van der Waals surface area (Å²) in [4.78, 5) is 29.7. The van der Waals surface area contributed by atoms with Crippen LogP contribution in [0.3, 0.4) is 0 Å². The SMILES string of the molecule is Cc1cc(Cl)ccc1N(CC(=O)N(Cc1cccc(Cl)c1)C(Cc1ccccc1)C(=O)NC(C)C)S(=O)(=O)c1ccccc1. The van der Waals surface area contributed by atoms with Crippen molar-refractivity contribution >= 4 is 50.7 Å². The highest BCUT2D eigenvalue weighted by atomic mass is 35.5. The first kappa shape index (κ1) is 33.1. The van der Waals surface area contributed by atoms with Gasteiger partial charge in [-0.15, -0.1) is 0 Å². The molecule has 0 aliphatic heterocycles. The molecule has 0 aromatic heterocycles. The lowest BCUT2D eigenvalue weighted by Crippen LogP contribution is -2.54. The molecule has 44 heavy (non-hydrogen) atoms. The standard InChI is InChI=1S/C34H35Cl2N3O4S/c1-24(2)37-34(41)32(21-26-11-6-4-7-12-26)38(22-27-13-10-14-28(35)20-27)33(40)23-39(31-18-17-29(36)19-25(31)3)44(42,43)30-15-8-5-9-16-30/h4-20,24,32H,21-23H2,1-3H3,(H,37,41). The van der Waals surface area contributed by atoms with E-state index in [2.05, 4.69) is 5.32 Å². The van der Waals surface area contributed by atoms with Crippen molar-refractivity contribution in [3.8, 4) is 0 Å². The Kier molecular flexibility index (Phi) is 11.1. The van der Waals surface area contributed by atoms with E-state index >= 15 is 0 Å². The Bertz CT molecular complexity index is 1700. The zero-order chi connectivity index (χ0) is 31.9. The first-order valence-corrected chi connectivity index (χ1v) is 16.4. The van der Waals surface area contributed by atoms with E-state index in [0.29, 0.717) is 26.9 Å². The molecule has 1 atom stereocenters. The van der Waals surface area contributed by atoms with Gasteiger partial charge in [0.25, 0.3) is 10.0 Å². The highest BCUT2D eigenvalue weighted by Gasteiger charge is 2.35. The minimum atomic E-state index is -4.20. The summed E-state index contributed by atoms with van der Waals surface area (Å²) in [5.74, 6) is -0.905. The number of benzene rings is 4. The molecule has 4 aromatic carbocycles. The third kappa shape index (κ3) is 8.40. The van der Waals surface area contributed by atoms with E-state index in [1.54, 1.807) is 61.5 Å². The highest BCUT2D eigenvalue weighted by molar-refractivity contribution is 7.92. The van der Waals surface area contributed by atoms with Crippen LogP contribution in [0.1, 0.15) is 30.5 Å². The maximum absolute atomic E-state index is 14.5. The molecule has 1 N–H and O–H groups in total. The van der Waals surface area contributed by atoms with Gasteiger partial charge >= 0.3 is 0 Å². The minimum absolute atomic E-state index is 0.0290. The van der Waals surface area contributed by atoms with Gasteiger partial charge in [0.1, 0.15) is 12.6 Å². The van der Waals surface area contributed by atoms with Crippen LogP contribution >= 0.6 is 23.2 Å². The van der Waals surface area contributed by atoms with E-state index in [1.165, 1.54) is 17.0 Å². The summed E-state index contributed by atoms with van der Waals surface area (Å²) < 4.78 is 29.3. The molecule has 4 rings (SSSR count). The number of carbonyl (C=O) groups excluding carboxylic acids is 2. The Morgan fingerprint density at radius 2 is 1.41 bits per heavy atom. The maximum Gasteiger partial charge on any atom is 0.264 e.